The summed E-state index contributed by atoms with van der Waals surface area (Å²) in [6.07, 6.45) is 1.60. The summed E-state index contributed by atoms with van der Waals surface area (Å²) < 4.78 is 19.0. The van der Waals surface area contributed by atoms with Gasteiger partial charge in [0.2, 0.25) is 0 Å². The number of halogens is 1. The molecular formula is C16H21BrO3. The van der Waals surface area contributed by atoms with E-state index in [1.54, 1.807) is 6.08 Å². The van der Waals surface area contributed by atoms with Crippen molar-refractivity contribution in [1.29, 1.82) is 0 Å². The molecule has 20 heavy (non-hydrogen) atoms. The van der Waals surface area contributed by atoms with Gasteiger partial charge in [0.25, 0.3) is 0 Å². The Morgan fingerprint density at radius 1 is 1.40 bits per heavy atom. The lowest BCUT2D eigenvalue weighted by Crippen LogP contribution is -2.49. The van der Waals surface area contributed by atoms with E-state index in [4.69, 9.17) is 14.2 Å². The summed E-state index contributed by atoms with van der Waals surface area (Å²) in [5.74, 6) is 1.47. The molecule has 3 nitrogen and oxygen atoms in total. The number of benzene rings is 1. The highest BCUT2D eigenvalue weighted by atomic mass is 79.9. The second-order valence-electron chi connectivity index (χ2n) is 6.02. The van der Waals surface area contributed by atoms with Crippen LogP contribution in [-0.4, -0.2) is 23.9 Å². The smallest absolute Gasteiger partial charge is 0.163 e. The molecule has 0 aromatic heterocycles. The van der Waals surface area contributed by atoms with Crippen molar-refractivity contribution >= 4 is 15.9 Å². The van der Waals surface area contributed by atoms with Crippen molar-refractivity contribution in [2.24, 2.45) is 0 Å². The van der Waals surface area contributed by atoms with Crippen LogP contribution in [0.4, 0.5) is 0 Å². The summed E-state index contributed by atoms with van der Waals surface area (Å²) in [4.78, 5) is 0. The second kappa shape index (κ2) is 5.41. The Morgan fingerprint density at radius 2 is 2.10 bits per heavy atom. The molecule has 1 heterocycles. The molecule has 1 aliphatic rings. The van der Waals surface area contributed by atoms with Gasteiger partial charge < -0.3 is 14.2 Å². The van der Waals surface area contributed by atoms with Gasteiger partial charge in [0.05, 0.1) is 5.60 Å². The van der Waals surface area contributed by atoms with Crippen LogP contribution >= 0.6 is 15.9 Å². The molecule has 0 saturated heterocycles. The SMILES string of the molecule is C=CC(C)(C)O[C@H]1COc2ccc(Br)cc2OC1(C)C. The average molecular weight is 341 g/mol. The maximum absolute atomic E-state index is 6.11. The van der Waals surface area contributed by atoms with E-state index in [2.05, 4.69) is 22.5 Å². The molecule has 0 spiro atoms. The Balaban J connectivity index is 2.26. The second-order valence-corrected chi connectivity index (χ2v) is 6.94. The Labute approximate surface area is 129 Å². The topological polar surface area (TPSA) is 27.7 Å². The molecule has 0 amide bonds. The largest absolute Gasteiger partial charge is 0.487 e. The minimum Gasteiger partial charge on any atom is -0.487 e. The molecule has 2 rings (SSSR count). The van der Waals surface area contributed by atoms with Crippen molar-refractivity contribution in [3.8, 4) is 11.5 Å². The highest BCUT2D eigenvalue weighted by Crippen LogP contribution is 2.38. The first kappa shape index (κ1) is 15.4. The minimum atomic E-state index is -0.494. The molecule has 0 bridgehead atoms. The fraction of sp³-hybridized carbons (Fsp3) is 0.500. The van der Waals surface area contributed by atoms with E-state index in [0.29, 0.717) is 6.61 Å². The zero-order chi connectivity index (χ0) is 15.0. The lowest BCUT2D eigenvalue weighted by atomic mass is 10.0. The number of ether oxygens (including phenoxy) is 3. The van der Waals surface area contributed by atoms with Gasteiger partial charge in [-0.25, -0.2) is 0 Å². The van der Waals surface area contributed by atoms with Crippen LogP contribution in [0.2, 0.25) is 0 Å². The van der Waals surface area contributed by atoms with Crippen molar-refractivity contribution in [3.63, 3.8) is 0 Å². The van der Waals surface area contributed by atoms with Crippen molar-refractivity contribution in [2.75, 3.05) is 6.61 Å². The van der Waals surface area contributed by atoms with Gasteiger partial charge in [0, 0.05) is 4.47 Å². The normalized spacial score (nSPS) is 21.1. The summed E-state index contributed by atoms with van der Waals surface area (Å²) >= 11 is 3.45. The zero-order valence-corrected chi connectivity index (χ0v) is 14.0. The van der Waals surface area contributed by atoms with E-state index in [9.17, 15) is 0 Å². The van der Waals surface area contributed by atoms with Crippen molar-refractivity contribution in [3.05, 3.63) is 35.3 Å². The average Bonchev–Trinajstić information content (AvgIpc) is 2.46. The lowest BCUT2D eigenvalue weighted by Gasteiger charge is -2.36. The van der Waals surface area contributed by atoms with Crippen LogP contribution < -0.4 is 9.47 Å². The van der Waals surface area contributed by atoms with Gasteiger partial charge >= 0.3 is 0 Å². The molecular weight excluding hydrogens is 320 g/mol. The number of rotatable bonds is 3. The monoisotopic (exact) mass is 340 g/mol. The van der Waals surface area contributed by atoms with Gasteiger partial charge in [0.15, 0.2) is 11.5 Å². The van der Waals surface area contributed by atoms with Crippen molar-refractivity contribution in [1.82, 2.24) is 0 Å². The molecule has 1 aliphatic heterocycles. The third kappa shape index (κ3) is 3.36. The standard InChI is InChI=1S/C16H21BrO3/c1-6-15(2,3)20-14-10-18-12-8-7-11(17)9-13(12)19-16(14,4)5/h6-9,14H,1,10H2,2-5H3/t14-/m0/s1. The van der Waals surface area contributed by atoms with E-state index in [1.165, 1.54) is 0 Å². The molecule has 0 saturated carbocycles. The third-order valence-electron chi connectivity index (χ3n) is 3.38. The molecule has 0 unspecified atom stereocenters. The van der Waals surface area contributed by atoms with Crippen LogP contribution in [0, 0.1) is 0 Å². The Kier molecular flexibility index (Phi) is 4.17. The van der Waals surface area contributed by atoms with E-state index in [1.807, 2.05) is 45.9 Å². The molecule has 4 heteroatoms. The van der Waals surface area contributed by atoms with E-state index >= 15 is 0 Å². The predicted molar refractivity (Wildman–Crippen MR) is 83.5 cm³/mol. The molecule has 0 aliphatic carbocycles. The van der Waals surface area contributed by atoms with Crippen molar-refractivity contribution in [2.45, 2.75) is 45.0 Å². The molecule has 1 aromatic rings. The lowest BCUT2D eigenvalue weighted by molar-refractivity contribution is -0.129. The molecule has 110 valence electrons. The number of hydrogen-bond donors (Lipinski definition) is 0. The van der Waals surface area contributed by atoms with Crippen LogP contribution in [-0.2, 0) is 4.74 Å². The first-order valence-electron chi connectivity index (χ1n) is 6.66. The Morgan fingerprint density at radius 3 is 2.75 bits per heavy atom. The maximum Gasteiger partial charge on any atom is 0.163 e. The van der Waals surface area contributed by atoms with Crippen LogP contribution in [0.15, 0.2) is 35.3 Å². The summed E-state index contributed by atoms with van der Waals surface area (Å²) in [5.41, 5.74) is -0.919. The molecule has 0 N–H and O–H groups in total. The summed E-state index contributed by atoms with van der Waals surface area (Å²) in [6, 6.07) is 5.75. The van der Waals surface area contributed by atoms with Crippen molar-refractivity contribution < 1.29 is 14.2 Å². The maximum atomic E-state index is 6.11. The minimum absolute atomic E-state index is 0.193. The van der Waals surface area contributed by atoms with Crippen LogP contribution in [0.25, 0.3) is 0 Å². The van der Waals surface area contributed by atoms with Gasteiger partial charge in [-0.05, 0) is 45.9 Å². The van der Waals surface area contributed by atoms with Crippen LogP contribution in [0.1, 0.15) is 27.7 Å². The van der Waals surface area contributed by atoms with Crippen LogP contribution in [0.3, 0.4) is 0 Å². The molecule has 0 fully saturated rings. The third-order valence-corrected chi connectivity index (χ3v) is 3.88. The summed E-state index contributed by atoms with van der Waals surface area (Å²) in [5, 5.41) is 0. The molecule has 0 radical (unpaired) electrons. The first-order valence-corrected chi connectivity index (χ1v) is 7.45. The molecule has 1 atom stereocenters. The number of fused-ring (bicyclic) bond motifs is 1. The fourth-order valence-electron chi connectivity index (χ4n) is 1.99. The van der Waals surface area contributed by atoms with E-state index in [0.717, 1.165) is 16.0 Å². The first-order chi connectivity index (χ1) is 9.23. The van der Waals surface area contributed by atoms with E-state index < -0.39 is 11.2 Å². The van der Waals surface area contributed by atoms with Gasteiger partial charge in [-0.1, -0.05) is 22.0 Å². The van der Waals surface area contributed by atoms with Crippen LogP contribution in [0.5, 0.6) is 11.5 Å². The quantitative estimate of drug-likeness (QED) is 0.765. The Hall–Kier alpha value is -1.00. The fourth-order valence-corrected chi connectivity index (χ4v) is 2.33. The van der Waals surface area contributed by atoms with Gasteiger partial charge in [-0.15, -0.1) is 6.58 Å². The zero-order valence-electron chi connectivity index (χ0n) is 12.4. The predicted octanol–water partition coefficient (Wildman–Crippen LogP) is 4.35. The highest BCUT2D eigenvalue weighted by molar-refractivity contribution is 9.10. The van der Waals surface area contributed by atoms with Gasteiger partial charge in [0.1, 0.15) is 18.3 Å². The van der Waals surface area contributed by atoms with E-state index in [-0.39, 0.29) is 6.10 Å². The molecule has 1 aromatic carbocycles. The summed E-state index contributed by atoms with van der Waals surface area (Å²) in [7, 11) is 0. The number of hydrogen-bond acceptors (Lipinski definition) is 3. The van der Waals surface area contributed by atoms with Gasteiger partial charge in [-0.2, -0.15) is 0 Å². The summed E-state index contributed by atoms with van der Waals surface area (Å²) in [6.45, 7) is 12.2. The Bertz CT molecular complexity index is 508. The van der Waals surface area contributed by atoms with Gasteiger partial charge in [-0.3, -0.25) is 0 Å². The highest BCUT2D eigenvalue weighted by Gasteiger charge is 2.39.